The van der Waals surface area contributed by atoms with E-state index in [0.717, 1.165) is 30.5 Å². The van der Waals surface area contributed by atoms with E-state index in [0.29, 0.717) is 30.1 Å². The first-order valence-electron chi connectivity index (χ1n) is 7.60. The highest BCUT2D eigenvalue weighted by molar-refractivity contribution is 5.53. The van der Waals surface area contributed by atoms with E-state index >= 15 is 0 Å². The van der Waals surface area contributed by atoms with Gasteiger partial charge in [0.25, 0.3) is 0 Å². The molecule has 0 amide bonds. The Labute approximate surface area is 126 Å². The van der Waals surface area contributed by atoms with Crippen molar-refractivity contribution in [2.75, 3.05) is 6.54 Å². The van der Waals surface area contributed by atoms with Crippen LogP contribution in [0.4, 0.5) is 0 Å². The van der Waals surface area contributed by atoms with Gasteiger partial charge in [-0.25, -0.2) is 0 Å². The molecular formula is C16H24N4O. The van der Waals surface area contributed by atoms with E-state index in [1.807, 2.05) is 12.1 Å². The number of pyridine rings is 1. The van der Waals surface area contributed by atoms with E-state index in [4.69, 9.17) is 10.3 Å². The quantitative estimate of drug-likeness (QED) is 0.847. The van der Waals surface area contributed by atoms with Crippen molar-refractivity contribution in [3.63, 3.8) is 0 Å². The Morgan fingerprint density at radius 2 is 2.14 bits per heavy atom. The molecule has 2 N–H and O–H groups in total. The molecule has 0 bridgehead atoms. The van der Waals surface area contributed by atoms with Gasteiger partial charge in [0.15, 0.2) is 0 Å². The number of rotatable bonds is 7. The minimum atomic E-state index is 0.382. The highest BCUT2D eigenvalue weighted by Crippen LogP contribution is 2.21. The summed E-state index contributed by atoms with van der Waals surface area (Å²) in [5, 5.41) is 4.07. The summed E-state index contributed by atoms with van der Waals surface area (Å²) < 4.78 is 5.38. The fraction of sp³-hybridized carbons (Fsp3) is 0.562. The van der Waals surface area contributed by atoms with Crippen molar-refractivity contribution in [3.8, 4) is 11.5 Å². The summed E-state index contributed by atoms with van der Waals surface area (Å²) in [4.78, 5) is 8.86. The molecule has 2 aromatic rings. The van der Waals surface area contributed by atoms with Crippen LogP contribution in [0.1, 0.15) is 38.6 Å². The molecule has 0 unspecified atom stereocenters. The lowest BCUT2D eigenvalue weighted by Crippen LogP contribution is -2.19. The highest BCUT2D eigenvalue weighted by Gasteiger charge is 2.17. The Bertz CT molecular complexity index is 565. The molecule has 5 nitrogen and oxygen atoms in total. The maximum absolute atomic E-state index is 5.83. The molecular weight excluding hydrogens is 264 g/mol. The minimum Gasteiger partial charge on any atom is -0.339 e. The average molecular weight is 288 g/mol. The Hall–Kier alpha value is -1.75. The molecule has 0 aromatic carbocycles. The van der Waals surface area contributed by atoms with Gasteiger partial charge in [-0.1, -0.05) is 32.0 Å². The second-order valence-electron chi connectivity index (χ2n) is 5.81. The highest BCUT2D eigenvalue weighted by atomic mass is 16.5. The number of aromatic nitrogens is 3. The SMILES string of the molecule is CCc1cccnc1-c1noc(C[C@@H](CN)CC(C)C)n1. The number of hydrogen-bond acceptors (Lipinski definition) is 5. The van der Waals surface area contributed by atoms with Crippen LogP contribution in [0.5, 0.6) is 0 Å². The van der Waals surface area contributed by atoms with Crippen LogP contribution >= 0.6 is 0 Å². The summed E-state index contributed by atoms with van der Waals surface area (Å²) in [5.74, 6) is 2.22. The molecule has 2 aromatic heterocycles. The lowest BCUT2D eigenvalue weighted by Gasteiger charge is -2.14. The molecule has 0 fully saturated rings. The molecule has 114 valence electrons. The predicted octanol–water partition coefficient (Wildman–Crippen LogP) is 2.86. The van der Waals surface area contributed by atoms with Crippen LogP contribution in [-0.2, 0) is 12.8 Å². The van der Waals surface area contributed by atoms with Gasteiger partial charge in [-0.3, -0.25) is 4.98 Å². The van der Waals surface area contributed by atoms with Crippen molar-refractivity contribution >= 4 is 0 Å². The lowest BCUT2D eigenvalue weighted by molar-refractivity contribution is 0.332. The summed E-state index contributed by atoms with van der Waals surface area (Å²) in [7, 11) is 0. The number of nitrogens with zero attached hydrogens (tertiary/aromatic N) is 3. The largest absolute Gasteiger partial charge is 0.339 e. The van der Waals surface area contributed by atoms with Crippen LogP contribution in [0, 0.1) is 11.8 Å². The molecule has 0 spiro atoms. The third-order valence-electron chi connectivity index (χ3n) is 3.55. The maximum atomic E-state index is 5.83. The molecule has 0 aliphatic carbocycles. The number of nitrogens with two attached hydrogens (primary N) is 1. The summed E-state index contributed by atoms with van der Waals surface area (Å²) in [5.41, 5.74) is 7.77. The normalized spacial score (nSPS) is 12.8. The van der Waals surface area contributed by atoms with E-state index in [1.165, 1.54) is 0 Å². The van der Waals surface area contributed by atoms with Crippen molar-refractivity contribution < 1.29 is 4.52 Å². The van der Waals surface area contributed by atoms with Gasteiger partial charge < -0.3 is 10.3 Å². The molecule has 21 heavy (non-hydrogen) atoms. The van der Waals surface area contributed by atoms with Crippen LogP contribution in [0.3, 0.4) is 0 Å². The molecule has 2 rings (SSSR count). The van der Waals surface area contributed by atoms with Gasteiger partial charge in [0.05, 0.1) is 0 Å². The van der Waals surface area contributed by atoms with Crippen molar-refractivity contribution in [1.82, 2.24) is 15.1 Å². The van der Waals surface area contributed by atoms with Gasteiger partial charge in [0.2, 0.25) is 11.7 Å². The maximum Gasteiger partial charge on any atom is 0.227 e. The summed E-state index contributed by atoms with van der Waals surface area (Å²) in [6.45, 7) is 7.13. The molecule has 0 saturated heterocycles. The number of aryl methyl sites for hydroxylation is 1. The molecule has 5 heteroatoms. The molecule has 0 saturated carbocycles. The van der Waals surface area contributed by atoms with E-state index in [-0.39, 0.29) is 0 Å². The molecule has 0 aliphatic heterocycles. The Kier molecular flexibility index (Phi) is 5.44. The second-order valence-corrected chi connectivity index (χ2v) is 5.81. The molecule has 2 heterocycles. The summed E-state index contributed by atoms with van der Waals surface area (Å²) in [6.07, 6.45) is 4.45. The zero-order valence-electron chi connectivity index (χ0n) is 13.0. The monoisotopic (exact) mass is 288 g/mol. The van der Waals surface area contributed by atoms with E-state index in [1.54, 1.807) is 6.20 Å². The fourth-order valence-corrected chi connectivity index (χ4v) is 2.54. The zero-order chi connectivity index (χ0) is 15.2. The van der Waals surface area contributed by atoms with Crippen LogP contribution < -0.4 is 5.73 Å². The predicted molar refractivity (Wildman–Crippen MR) is 82.6 cm³/mol. The third kappa shape index (κ3) is 4.11. The zero-order valence-corrected chi connectivity index (χ0v) is 13.0. The first-order valence-corrected chi connectivity index (χ1v) is 7.60. The molecule has 1 atom stereocenters. The molecule has 0 aliphatic rings. The Morgan fingerprint density at radius 3 is 2.81 bits per heavy atom. The first-order chi connectivity index (χ1) is 10.1. The van der Waals surface area contributed by atoms with E-state index < -0.39 is 0 Å². The van der Waals surface area contributed by atoms with Crippen LogP contribution in [0.25, 0.3) is 11.5 Å². The smallest absolute Gasteiger partial charge is 0.227 e. The van der Waals surface area contributed by atoms with Crippen LogP contribution in [0.2, 0.25) is 0 Å². The average Bonchev–Trinajstić information content (AvgIpc) is 2.94. The van der Waals surface area contributed by atoms with Crippen molar-refractivity contribution in [2.45, 2.75) is 40.0 Å². The van der Waals surface area contributed by atoms with Gasteiger partial charge in [-0.15, -0.1) is 0 Å². The third-order valence-corrected chi connectivity index (χ3v) is 3.55. The molecule has 0 radical (unpaired) electrons. The van der Waals surface area contributed by atoms with Gasteiger partial charge in [-0.05, 0) is 42.9 Å². The van der Waals surface area contributed by atoms with E-state index in [9.17, 15) is 0 Å². The fourth-order valence-electron chi connectivity index (χ4n) is 2.54. The second kappa shape index (κ2) is 7.31. The van der Waals surface area contributed by atoms with E-state index in [2.05, 4.69) is 35.9 Å². The van der Waals surface area contributed by atoms with Gasteiger partial charge in [0.1, 0.15) is 5.69 Å². The van der Waals surface area contributed by atoms with Crippen LogP contribution in [0.15, 0.2) is 22.9 Å². The lowest BCUT2D eigenvalue weighted by atomic mass is 9.94. The van der Waals surface area contributed by atoms with Crippen LogP contribution in [-0.4, -0.2) is 21.7 Å². The Balaban J connectivity index is 2.14. The van der Waals surface area contributed by atoms with Gasteiger partial charge in [0, 0.05) is 12.6 Å². The van der Waals surface area contributed by atoms with Gasteiger partial charge >= 0.3 is 0 Å². The first kappa shape index (κ1) is 15.6. The Morgan fingerprint density at radius 1 is 1.33 bits per heavy atom. The van der Waals surface area contributed by atoms with Crippen molar-refractivity contribution in [2.24, 2.45) is 17.6 Å². The topological polar surface area (TPSA) is 77.8 Å². The van der Waals surface area contributed by atoms with Crippen molar-refractivity contribution in [3.05, 3.63) is 29.8 Å². The van der Waals surface area contributed by atoms with Crippen molar-refractivity contribution in [1.29, 1.82) is 0 Å². The number of hydrogen-bond donors (Lipinski definition) is 1. The minimum absolute atomic E-state index is 0.382. The standard InChI is InChI=1S/C16H24N4O/c1-4-13-6-5-7-18-15(13)16-19-14(21-20-16)9-12(10-17)8-11(2)3/h5-7,11-12H,4,8-10,17H2,1-3H3/t12-/m0/s1. The summed E-state index contributed by atoms with van der Waals surface area (Å²) >= 11 is 0. The van der Waals surface area contributed by atoms with Gasteiger partial charge in [-0.2, -0.15) is 4.98 Å². The summed E-state index contributed by atoms with van der Waals surface area (Å²) in [6, 6.07) is 3.97.